The number of rotatable bonds is 4. The molecular formula is C19H19N3O2. The highest BCUT2D eigenvalue weighted by Crippen LogP contribution is 2.17. The van der Waals surface area contributed by atoms with E-state index in [2.05, 4.69) is 10.3 Å². The van der Waals surface area contributed by atoms with E-state index < -0.39 is 5.91 Å². The van der Waals surface area contributed by atoms with Crippen molar-refractivity contribution in [1.29, 1.82) is 0 Å². The standard InChI is InChI=1S/C19H19N3O2/c1-3-13-8-5-6-10-16(13)21-18(23)15-12-14-9-7-11-20-17(14)22(4-2)19(15)24/h5-12H,3-4H2,1-2H3,(H,21,23). The number of amides is 1. The summed E-state index contributed by atoms with van der Waals surface area (Å²) in [4.78, 5) is 29.6. The van der Waals surface area contributed by atoms with Crippen LogP contribution >= 0.6 is 0 Å². The first kappa shape index (κ1) is 15.9. The number of carbonyl (C=O) groups is 1. The summed E-state index contributed by atoms with van der Waals surface area (Å²) in [5.74, 6) is -0.395. The van der Waals surface area contributed by atoms with Crippen LogP contribution in [0.25, 0.3) is 11.0 Å². The molecule has 0 bridgehead atoms. The van der Waals surface area contributed by atoms with Gasteiger partial charge in [0.15, 0.2) is 0 Å². The fourth-order valence-electron chi connectivity index (χ4n) is 2.80. The van der Waals surface area contributed by atoms with Crippen LogP contribution < -0.4 is 10.9 Å². The van der Waals surface area contributed by atoms with Crippen LogP contribution in [0.1, 0.15) is 29.8 Å². The predicted octanol–water partition coefficient (Wildman–Crippen LogP) is 3.23. The van der Waals surface area contributed by atoms with Crippen molar-refractivity contribution < 1.29 is 4.79 Å². The van der Waals surface area contributed by atoms with Crippen molar-refractivity contribution in [2.45, 2.75) is 26.8 Å². The second-order valence-corrected chi connectivity index (χ2v) is 5.49. The number of hydrogen-bond donors (Lipinski definition) is 1. The van der Waals surface area contributed by atoms with Crippen molar-refractivity contribution in [3.63, 3.8) is 0 Å². The Hall–Kier alpha value is -2.95. The fraction of sp³-hybridized carbons (Fsp3) is 0.211. The van der Waals surface area contributed by atoms with Gasteiger partial charge in [0.25, 0.3) is 11.5 Å². The van der Waals surface area contributed by atoms with Crippen LogP contribution in [0.2, 0.25) is 0 Å². The smallest absolute Gasteiger partial charge is 0.265 e. The number of carbonyl (C=O) groups excluding carboxylic acids is 1. The maximum atomic E-state index is 12.7. The lowest BCUT2D eigenvalue weighted by Crippen LogP contribution is -2.29. The molecular weight excluding hydrogens is 302 g/mol. The first-order valence-electron chi connectivity index (χ1n) is 8.03. The topological polar surface area (TPSA) is 64.0 Å². The molecule has 0 unspecified atom stereocenters. The van der Waals surface area contributed by atoms with Gasteiger partial charge in [0.2, 0.25) is 0 Å². The summed E-state index contributed by atoms with van der Waals surface area (Å²) >= 11 is 0. The summed E-state index contributed by atoms with van der Waals surface area (Å²) in [7, 11) is 0. The van der Waals surface area contributed by atoms with E-state index >= 15 is 0 Å². The molecule has 0 saturated heterocycles. The fourth-order valence-corrected chi connectivity index (χ4v) is 2.80. The van der Waals surface area contributed by atoms with Crippen LogP contribution in [-0.4, -0.2) is 15.5 Å². The number of fused-ring (bicyclic) bond motifs is 1. The minimum absolute atomic E-state index is 0.128. The van der Waals surface area contributed by atoms with Gasteiger partial charge in [-0.2, -0.15) is 0 Å². The molecule has 2 heterocycles. The molecule has 0 saturated carbocycles. The Morgan fingerprint density at radius 1 is 1.17 bits per heavy atom. The molecule has 0 spiro atoms. The van der Waals surface area contributed by atoms with Gasteiger partial charge in [-0.3, -0.25) is 14.2 Å². The summed E-state index contributed by atoms with van der Waals surface area (Å²) < 4.78 is 1.52. The molecule has 1 aromatic carbocycles. The van der Waals surface area contributed by atoms with Crippen LogP contribution in [0.3, 0.4) is 0 Å². The number of aromatic nitrogens is 2. The number of hydrogen-bond acceptors (Lipinski definition) is 3. The van der Waals surface area contributed by atoms with Gasteiger partial charge in [-0.25, -0.2) is 4.98 Å². The number of anilines is 1. The molecule has 24 heavy (non-hydrogen) atoms. The molecule has 0 aliphatic rings. The zero-order valence-corrected chi connectivity index (χ0v) is 13.7. The lowest BCUT2D eigenvalue weighted by atomic mass is 10.1. The van der Waals surface area contributed by atoms with Gasteiger partial charge in [-0.15, -0.1) is 0 Å². The third kappa shape index (κ3) is 2.80. The summed E-state index contributed by atoms with van der Waals surface area (Å²) in [6.07, 6.45) is 2.45. The highest BCUT2D eigenvalue weighted by Gasteiger charge is 2.16. The van der Waals surface area contributed by atoms with Crippen LogP contribution in [-0.2, 0) is 13.0 Å². The predicted molar refractivity (Wildman–Crippen MR) is 95.5 cm³/mol. The van der Waals surface area contributed by atoms with E-state index in [0.29, 0.717) is 12.2 Å². The SMILES string of the molecule is CCc1ccccc1NC(=O)c1cc2cccnc2n(CC)c1=O. The Balaban J connectivity index is 2.07. The van der Waals surface area contributed by atoms with Crippen molar-refractivity contribution >= 4 is 22.6 Å². The molecule has 0 aliphatic heterocycles. The Morgan fingerprint density at radius 2 is 1.96 bits per heavy atom. The molecule has 3 rings (SSSR count). The van der Waals surface area contributed by atoms with Crippen LogP contribution in [0.4, 0.5) is 5.69 Å². The Morgan fingerprint density at radius 3 is 2.71 bits per heavy atom. The van der Waals surface area contributed by atoms with Gasteiger partial charge in [0.05, 0.1) is 0 Å². The van der Waals surface area contributed by atoms with Gasteiger partial charge >= 0.3 is 0 Å². The van der Waals surface area contributed by atoms with E-state index in [1.165, 1.54) is 4.57 Å². The molecule has 122 valence electrons. The summed E-state index contributed by atoms with van der Waals surface area (Å²) in [5.41, 5.74) is 2.16. The number of nitrogens with one attached hydrogen (secondary N) is 1. The van der Waals surface area contributed by atoms with Crippen molar-refractivity contribution in [2.75, 3.05) is 5.32 Å². The van der Waals surface area contributed by atoms with Crippen molar-refractivity contribution in [3.8, 4) is 0 Å². The average Bonchev–Trinajstić information content (AvgIpc) is 2.61. The number of aryl methyl sites for hydroxylation is 2. The van der Waals surface area contributed by atoms with Crippen molar-refractivity contribution in [3.05, 3.63) is 70.1 Å². The highest BCUT2D eigenvalue weighted by molar-refractivity contribution is 6.06. The molecule has 5 heteroatoms. The van der Waals surface area contributed by atoms with Crippen LogP contribution in [0.5, 0.6) is 0 Å². The number of nitrogens with zero attached hydrogens (tertiary/aromatic N) is 2. The first-order chi connectivity index (χ1) is 11.7. The number of para-hydroxylation sites is 1. The normalized spacial score (nSPS) is 10.8. The van der Waals surface area contributed by atoms with Crippen molar-refractivity contribution in [1.82, 2.24) is 9.55 Å². The molecule has 0 atom stereocenters. The Labute approximate surface area is 140 Å². The summed E-state index contributed by atoms with van der Waals surface area (Å²) in [6.45, 7) is 4.35. The zero-order chi connectivity index (χ0) is 17.1. The lowest BCUT2D eigenvalue weighted by molar-refractivity contribution is 0.102. The Bertz CT molecular complexity index is 960. The minimum Gasteiger partial charge on any atom is -0.322 e. The summed E-state index contributed by atoms with van der Waals surface area (Å²) in [6, 6.07) is 12.9. The van der Waals surface area contributed by atoms with Gasteiger partial charge in [-0.1, -0.05) is 25.1 Å². The van der Waals surface area contributed by atoms with Gasteiger partial charge in [0, 0.05) is 23.8 Å². The quantitative estimate of drug-likeness (QED) is 0.802. The first-order valence-corrected chi connectivity index (χ1v) is 8.03. The van der Waals surface area contributed by atoms with Gasteiger partial charge < -0.3 is 5.32 Å². The summed E-state index contributed by atoms with van der Waals surface area (Å²) in [5, 5.41) is 3.63. The van der Waals surface area contributed by atoms with E-state index in [9.17, 15) is 9.59 Å². The van der Waals surface area contributed by atoms with E-state index in [-0.39, 0.29) is 11.1 Å². The molecule has 1 N–H and O–H groups in total. The zero-order valence-electron chi connectivity index (χ0n) is 13.7. The van der Waals surface area contributed by atoms with Crippen molar-refractivity contribution in [2.24, 2.45) is 0 Å². The second kappa shape index (κ2) is 6.66. The monoisotopic (exact) mass is 321 g/mol. The molecule has 2 aromatic heterocycles. The maximum absolute atomic E-state index is 12.7. The van der Waals surface area contributed by atoms with Gasteiger partial charge in [-0.05, 0) is 43.2 Å². The van der Waals surface area contributed by atoms with Crippen LogP contribution in [0.15, 0.2) is 53.5 Å². The largest absolute Gasteiger partial charge is 0.322 e. The third-order valence-corrected chi connectivity index (χ3v) is 4.06. The highest BCUT2D eigenvalue weighted by atomic mass is 16.2. The molecule has 1 amide bonds. The maximum Gasteiger partial charge on any atom is 0.265 e. The molecule has 0 fully saturated rings. The van der Waals surface area contributed by atoms with E-state index in [1.807, 2.05) is 44.2 Å². The Kier molecular flexibility index (Phi) is 4.42. The molecule has 5 nitrogen and oxygen atoms in total. The van der Waals surface area contributed by atoms with Gasteiger partial charge in [0.1, 0.15) is 11.2 Å². The van der Waals surface area contributed by atoms with Crippen LogP contribution in [0, 0.1) is 0 Å². The molecule has 0 radical (unpaired) electrons. The van der Waals surface area contributed by atoms with E-state index in [4.69, 9.17) is 0 Å². The van der Waals surface area contributed by atoms with E-state index in [1.54, 1.807) is 18.3 Å². The lowest BCUT2D eigenvalue weighted by Gasteiger charge is -2.12. The minimum atomic E-state index is -0.395. The molecule has 0 aliphatic carbocycles. The average molecular weight is 321 g/mol. The second-order valence-electron chi connectivity index (χ2n) is 5.49. The number of pyridine rings is 2. The molecule has 3 aromatic rings. The number of benzene rings is 1. The third-order valence-electron chi connectivity index (χ3n) is 4.06. The van der Waals surface area contributed by atoms with E-state index in [0.717, 1.165) is 23.1 Å².